The van der Waals surface area contributed by atoms with E-state index in [1.165, 1.54) is 5.01 Å². The smallest absolute Gasteiger partial charge is 0.410 e. The Balaban J connectivity index is 1.88. The predicted octanol–water partition coefficient (Wildman–Crippen LogP) is 5.91. The largest absolute Gasteiger partial charge is 0.416 e. The highest BCUT2D eigenvalue weighted by Crippen LogP contribution is 2.45. The highest BCUT2D eigenvalue weighted by Gasteiger charge is 2.45. The van der Waals surface area contributed by atoms with Crippen LogP contribution in [0, 0.1) is 0 Å². The molecule has 4 rings (SSSR count). The van der Waals surface area contributed by atoms with Crippen LogP contribution in [0.4, 0.5) is 13.2 Å². The Labute approximate surface area is 205 Å². The lowest BCUT2D eigenvalue weighted by Crippen LogP contribution is -2.53. The molecule has 1 heterocycles. The zero-order valence-electron chi connectivity index (χ0n) is 18.2. The molecule has 11 heteroatoms. The minimum atomic E-state index is -4.60. The van der Waals surface area contributed by atoms with Crippen molar-refractivity contribution in [1.29, 1.82) is 0 Å². The molecule has 3 aromatic rings. The number of nitrogens with zero attached hydrogens (tertiary/aromatic N) is 3. The molecule has 0 aliphatic carbocycles. The van der Waals surface area contributed by atoms with E-state index in [9.17, 15) is 26.8 Å². The van der Waals surface area contributed by atoms with Crippen molar-refractivity contribution in [1.82, 2.24) is 9.42 Å². The van der Waals surface area contributed by atoms with Gasteiger partial charge in [-0.1, -0.05) is 59.2 Å². The molecule has 0 spiro atoms. The number of benzene rings is 3. The lowest BCUT2D eigenvalue weighted by molar-refractivity contribution is -0.137. The first-order chi connectivity index (χ1) is 16.6. The number of hydrogen-bond acceptors (Lipinski definition) is 4. The second kappa shape index (κ2) is 9.88. The van der Waals surface area contributed by atoms with E-state index in [4.69, 9.17) is 11.6 Å². The summed E-state index contributed by atoms with van der Waals surface area (Å²) in [6.07, 6.45) is -3.11. The summed E-state index contributed by atoms with van der Waals surface area (Å²) in [4.78, 5) is -0.325. The first kappa shape index (κ1) is 25.0. The number of sulfonamides is 1. The average molecular weight is 524 g/mol. The third kappa shape index (κ3) is 5.14. The van der Waals surface area contributed by atoms with Crippen LogP contribution in [0.2, 0.25) is 5.02 Å². The van der Waals surface area contributed by atoms with Crippen molar-refractivity contribution in [2.45, 2.75) is 29.5 Å². The van der Waals surface area contributed by atoms with Crippen LogP contribution in [0.3, 0.4) is 0 Å². The Bertz CT molecular complexity index is 1290. The normalized spacial score (nSPS) is 19.8. The summed E-state index contributed by atoms with van der Waals surface area (Å²) in [6, 6.07) is 18.6. The van der Waals surface area contributed by atoms with E-state index in [-0.39, 0.29) is 17.4 Å². The minimum absolute atomic E-state index is 0.188. The van der Waals surface area contributed by atoms with Crippen molar-refractivity contribution in [2.24, 2.45) is 5.16 Å². The predicted molar refractivity (Wildman–Crippen MR) is 125 cm³/mol. The van der Waals surface area contributed by atoms with Gasteiger partial charge < -0.3 is 5.21 Å². The van der Waals surface area contributed by atoms with Crippen LogP contribution in [0.1, 0.15) is 35.1 Å². The van der Waals surface area contributed by atoms with Crippen LogP contribution in [0.25, 0.3) is 0 Å². The summed E-state index contributed by atoms with van der Waals surface area (Å²) in [7, 11) is -4.39. The molecule has 0 aromatic heterocycles. The van der Waals surface area contributed by atoms with Gasteiger partial charge >= 0.3 is 6.18 Å². The van der Waals surface area contributed by atoms with Crippen LogP contribution >= 0.6 is 11.6 Å². The lowest BCUT2D eigenvalue weighted by atomic mass is 9.83. The maximum Gasteiger partial charge on any atom is 0.416 e. The molecule has 0 radical (unpaired) electrons. The second-order valence-corrected chi connectivity index (χ2v) is 10.2. The molecule has 0 bridgehead atoms. The summed E-state index contributed by atoms with van der Waals surface area (Å²) in [5, 5.41) is 14.0. The fourth-order valence-electron chi connectivity index (χ4n) is 4.29. The van der Waals surface area contributed by atoms with E-state index in [0.717, 1.165) is 40.6 Å². The van der Waals surface area contributed by atoms with Crippen LogP contribution in [0.15, 0.2) is 88.9 Å². The molecule has 0 saturated carbocycles. The van der Waals surface area contributed by atoms with Crippen LogP contribution in [0.5, 0.6) is 0 Å². The van der Waals surface area contributed by atoms with Gasteiger partial charge in [-0.3, -0.25) is 5.01 Å². The van der Waals surface area contributed by atoms with Crippen molar-refractivity contribution in [2.75, 3.05) is 6.54 Å². The fraction of sp³-hybridized carbons (Fsp3) is 0.208. The molecular weight excluding hydrogens is 503 g/mol. The second-order valence-electron chi connectivity index (χ2n) is 8.00. The van der Waals surface area contributed by atoms with Crippen molar-refractivity contribution < 1.29 is 26.8 Å². The molecule has 2 atom stereocenters. The first-order valence-electron chi connectivity index (χ1n) is 10.6. The van der Waals surface area contributed by atoms with E-state index < -0.39 is 27.8 Å². The molecular formula is C24H21ClF3N3O3S. The summed E-state index contributed by atoms with van der Waals surface area (Å²) < 4.78 is 68.1. The number of hydrazine groups is 1. The van der Waals surface area contributed by atoms with E-state index >= 15 is 0 Å². The van der Waals surface area contributed by atoms with Gasteiger partial charge in [0.2, 0.25) is 0 Å². The molecule has 1 N–H and O–H groups in total. The van der Waals surface area contributed by atoms with Gasteiger partial charge in [-0.2, -0.15) is 13.2 Å². The van der Waals surface area contributed by atoms with Crippen molar-refractivity contribution in [3.8, 4) is 0 Å². The van der Waals surface area contributed by atoms with Crippen molar-refractivity contribution in [3.05, 3.63) is 101 Å². The Morgan fingerprint density at radius 2 is 1.57 bits per heavy atom. The maximum absolute atomic E-state index is 13.9. The molecule has 35 heavy (non-hydrogen) atoms. The van der Waals surface area contributed by atoms with Gasteiger partial charge in [0.1, 0.15) is 6.34 Å². The highest BCUT2D eigenvalue weighted by molar-refractivity contribution is 7.89. The topological polar surface area (TPSA) is 73.2 Å². The van der Waals surface area contributed by atoms with E-state index in [0.29, 0.717) is 17.0 Å². The molecule has 1 fully saturated rings. The standard InChI is InChI=1S/C24H21ClF3N3O3S/c25-20-10-6-18(7-11-20)23-22(17-4-2-1-3-5-17)14-15-30(16-29-32)31(23)35(33,34)21-12-8-19(9-13-21)24(26,27)28/h1-13,16,22-23,32H,14-15H2. The molecule has 0 amide bonds. The van der Waals surface area contributed by atoms with E-state index in [1.54, 1.807) is 24.3 Å². The Hall–Kier alpha value is -3.08. The number of alkyl halides is 3. The van der Waals surface area contributed by atoms with Crippen molar-refractivity contribution >= 4 is 28.0 Å². The quantitative estimate of drug-likeness (QED) is 0.195. The number of rotatable bonds is 5. The Morgan fingerprint density at radius 1 is 0.943 bits per heavy atom. The summed E-state index contributed by atoms with van der Waals surface area (Å²) in [5.74, 6) is -0.301. The highest BCUT2D eigenvalue weighted by atomic mass is 35.5. The van der Waals surface area contributed by atoms with Gasteiger partial charge in [-0.25, -0.2) is 8.42 Å². The van der Waals surface area contributed by atoms with Gasteiger partial charge in [0.25, 0.3) is 10.0 Å². The number of oxime groups is 1. The average Bonchev–Trinajstić information content (AvgIpc) is 2.84. The Morgan fingerprint density at radius 3 is 2.14 bits per heavy atom. The van der Waals surface area contributed by atoms with Gasteiger partial charge in [0, 0.05) is 17.5 Å². The number of hydrogen-bond donors (Lipinski definition) is 1. The monoisotopic (exact) mass is 523 g/mol. The molecule has 1 saturated heterocycles. The molecule has 1 aliphatic rings. The van der Waals surface area contributed by atoms with Crippen LogP contribution in [-0.2, 0) is 16.2 Å². The third-order valence-electron chi connectivity index (χ3n) is 5.89. The first-order valence-corrected chi connectivity index (χ1v) is 12.4. The van der Waals surface area contributed by atoms with Crippen molar-refractivity contribution in [3.63, 3.8) is 0 Å². The van der Waals surface area contributed by atoms with Crippen LogP contribution in [-0.4, -0.2) is 35.9 Å². The zero-order valence-corrected chi connectivity index (χ0v) is 19.7. The lowest BCUT2D eigenvalue weighted by Gasteiger charge is -2.46. The van der Waals surface area contributed by atoms with E-state index in [2.05, 4.69) is 5.16 Å². The number of halogens is 4. The third-order valence-corrected chi connectivity index (χ3v) is 7.94. The molecule has 6 nitrogen and oxygen atoms in total. The SMILES string of the molecule is O=S(=O)(c1ccc(C(F)(F)F)cc1)N1C(c2ccc(Cl)cc2)C(c2ccccc2)CCN1C=NO. The van der Waals surface area contributed by atoms with Gasteiger partial charge in [-0.15, -0.1) is 4.41 Å². The molecule has 184 valence electrons. The fourth-order valence-corrected chi connectivity index (χ4v) is 6.08. The van der Waals surface area contributed by atoms with Gasteiger partial charge in [-0.05, 0) is 53.9 Å². The summed E-state index contributed by atoms with van der Waals surface area (Å²) in [6.45, 7) is 0.188. The van der Waals surface area contributed by atoms with Crippen LogP contribution < -0.4 is 0 Å². The minimum Gasteiger partial charge on any atom is -0.410 e. The zero-order chi connectivity index (χ0) is 25.2. The Kier molecular flexibility index (Phi) is 7.07. The maximum atomic E-state index is 13.9. The van der Waals surface area contributed by atoms with E-state index in [1.807, 2.05) is 30.3 Å². The van der Waals surface area contributed by atoms with Gasteiger partial charge in [0.05, 0.1) is 16.5 Å². The summed E-state index contributed by atoms with van der Waals surface area (Å²) >= 11 is 6.07. The van der Waals surface area contributed by atoms with Gasteiger partial charge in [0.15, 0.2) is 0 Å². The molecule has 1 aliphatic heterocycles. The molecule has 3 aromatic carbocycles. The molecule has 2 unspecified atom stereocenters. The summed E-state index contributed by atoms with van der Waals surface area (Å²) in [5.41, 5.74) is 0.552.